The Morgan fingerprint density at radius 1 is 0.633 bits per heavy atom. The number of ether oxygens (including phenoxy) is 2. The first-order valence-corrected chi connectivity index (χ1v) is 11.7. The van der Waals surface area contributed by atoms with Crippen molar-refractivity contribution in [2.75, 3.05) is 13.2 Å². The fraction of sp³-hybridized carbons (Fsp3) is 0.923. The lowest BCUT2D eigenvalue weighted by Gasteiger charge is -2.34. The number of hydrogen-bond acceptors (Lipinski definition) is 4. The lowest BCUT2D eigenvalue weighted by atomic mass is 9.76. The highest BCUT2D eigenvalue weighted by Gasteiger charge is 2.39. The molecule has 0 bridgehead atoms. The highest BCUT2D eigenvalue weighted by molar-refractivity contribution is 5.82. The van der Waals surface area contributed by atoms with Crippen LogP contribution in [-0.4, -0.2) is 25.2 Å². The Kier molecular flexibility index (Phi) is 9.03. The zero-order chi connectivity index (χ0) is 23.4. The fourth-order valence-electron chi connectivity index (χ4n) is 5.42. The largest absolute Gasteiger partial charge is 0.465 e. The zero-order valence-corrected chi connectivity index (χ0v) is 21.4. The molecule has 4 nitrogen and oxygen atoms in total. The minimum atomic E-state index is -0.373. The number of esters is 2. The third kappa shape index (κ3) is 10.3. The van der Waals surface area contributed by atoms with E-state index >= 15 is 0 Å². The molecule has 30 heavy (non-hydrogen) atoms. The van der Waals surface area contributed by atoms with Crippen LogP contribution in [0, 0.1) is 33.5 Å². The Labute approximate surface area is 185 Å². The van der Waals surface area contributed by atoms with Gasteiger partial charge >= 0.3 is 11.9 Å². The number of rotatable bonds is 8. The lowest BCUT2D eigenvalue weighted by Crippen LogP contribution is -2.38. The molecule has 1 saturated carbocycles. The molecule has 1 fully saturated rings. The second-order valence-electron chi connectivity index (χ2n) is 13.5. The first-order chi connectivity index (χ1) is 13.4. The zero-order valence-electron chi connectivity index (χ0n) is 21.4. The number of hydrogen-bond donors (Lipinski definition) is 0. The summed E-state index contributed by atoms with van der Waals surface area (Å²) in [5, 5.41) is 0. The van der Waals surface area contributed by atoms with Crippen LogP contribution in [0.4, 0.5) is 0 Å². The van der Waals surface area contributed by atoms with Crippen molar-refractivity contribution in [1.82, 2.24) is 0 Å². The second kappa shape index (κ2) is 10.0. The summed E-state index contributed by atoms with van der Waals surface area (Å²) in [6.45, 7) is 22.5. The molecule has 0 aliphatic heterocycles. The average molecular weight is 425 g/mol. The van der Waals surface area contributed by atoms with Crippen molar-refractivity contribution >= 4 is 11.9 Å². The normalized spacial score (nSPS) is 21.3. The summed E-state index contributed by atoms with van der Waals surface area (Å²) in [6.07, 6.45) is 5.28. The minimum Gasteiger partial charge on any atom is -0.465 e. The van der Waals surface area contributed by atoms with Gasteiger partial charge in [-0.25, -0.2) is 0 Å². The number of carbonyl (C=O) groups is 2. The van der Waals surface area contributed by atoms with E-state index in [1.54, 1.807) is 0 Å². The first-order valence-electron chi connectivity index (χ1n) is 11.7. The van der Waals surface area contributed by atoms with Crippen LogP contribution in [0.25, 0.3) is 0 Å². The van der Waals surface area contributed by atoms with Gasteiger partial charge in [-0.3, -0.25) is 9.59 Å². The van der Waals surface area contributed by atoms with Gasteiger partial charge in [-0.2, -0.15) is 0 Å². The smallest absolute Gasteiger partial charge is 0.309 e. The van der Waals surface area contributed by atoms with Crippen LogP contribution < -0.4 is 0 Å². The van der Waals surface area contributed by atoms with Gasteiger partial charge in [-0.15, -0.1) is 0 Å². The van der Waals surface area contributed by atoms with Crippen LogP contribution in [0.15, 0.2) is 0 Å². The molecule has 0 amide bonds. The fourth-order valence-corrected chi connectivity index (χ4v) is 5.42. The van der Waals surface area contributed by atoms with Gasteiger partial charge in [0.15, 0.2) is 0 Å². The van der Waals surface area contributed by atoms with E-state index in [4.69, 9.17) is 9.47 Å². The van der Waals surface area contributed by atoms with Gasteiger partial charge in [0.1, 0.15) is 0 Å². The summed E-state index contributed by atoms with van der Waals surface area (Å²) in [4.78, 5) is 25.8. The first kappa shape index (κ1) is 27.0. The van der Waals surface area contributed by atoms with E-state index in [0.717, 1.165) is 25.7 Å². The Morgan fingerprint density at radius 2 is 0.933 bits per heavy atom. The maximum atomic E-state index is 12.9. The second-order valence-corrected chi connectivity index (χ2v) is 13.5. The summed E-state index contributed by atoms with van der Waals surface area (Å²) < 4.78 is 11.5. The maximum Gasteiger partial charge on any atom is 0.309 e. The predicted molar refractivity (Wildman–Crippen MR) is 123 cm³/mol. The molecule has 2 unspecified atom stereocenters. The standard InChI is InChI=1S/C26H48O4/c1-23(2,3)15-25(7,8)17-29-21(27)19-13-11-12-14-20(19)22(28)30-18-26(9,10)16-24(4,5)6/h19-20H,11-18H2,1-10H3. The van der Waals surface area contributed by atoms with Crippen LogP contribution in [0.1, 0.15) is 108 Å². The van der Waals surface area contributed by atoms with Gasteiger partial charge in [0.2, 0.25) is 0 Å². The lowest BCUT2D eigenvalue weighted by molar-refractivity contribution is -0.166. The molecule has 0 aromatic rings. The van der Waals surface area contributed by atoms with Gasteiger partial charge in [0.05, 0.1) is 25.0 Å². The summed E-state index contributed by atoms with van der Waals surface area (Å²) in [6, 6.07) is 0. The van der Waals surface area contributed by atoms with E-state index in [9.17, 15) is 9.59 Å². The van der Waals surface area contributed by atoms with Crippen molar-refractivity contribution in [3.63, 3.8) is 0 Å². The third-order valence-electron chi connectivity index (χ3n) is 5.60. The molecular formula is C26H48O4. The molecule has 0 N–H and O–H groups in total. The van der Waals surface area contributed by atoms with Crippen LogP contribution in [0.2, 0.25) is 0 Å². The molecule has 1 aliphatic carbocycles. The van der Waals surface area contributed by atoms with Gasteiger partial charge in [0, 0.05) is 0 Å². The Morgan fingerprint density at radius 3 is 1.20 bits per heavy atom. The van der Waals surface area contributed by atoms with Crippen molar-refractivity contribution in [2.45, 2.75) is 108 Å². The highest BCUT2D eigenvalue weighted by atomic mass is 16.5. The van der Waals surface area contributed by atoms with Crippen molar-refractivity contribution in [3.8, 4) is 0 Å². The van der Waals surface area contributed by atoms with Gasteiger partial charge in [-0.05, 0) is 47.3 Å². The van der Waals surface area contributed by atoms with E-state index in [2.05, 4.69) is 69.2 Å². The molecule has 1 aliphatic rings. The van der Waals surface area contributed by atoms with Crippen LogP contribution in [0.3, 0.4) is 0 Å². The molecule has 176 valence electrons. The van der Waals surface area contributed by atoms with E-state index in [1.807, 2.05) is 0 Å². The maximum absolute atomic E-state index is 12.9. The van der Waals surface area contributed by atoms with Gasteiger partial charge in [0.25, 0.3) is 0 Å². The van der Waals surface area contributed by atoms with Crippen LogP contribution in [-0.2, 0) is 19.1 Å². The van der Waals surface area contributed by atoms with E-state index in [-0.39, 0.29) is 45.4 Å². The van der Waals surface area contributed by atoms with Crippen molar-refractivity contribution in [1.29, 1.82) is 0 Å². The van der Waals surface area contributed by atoms with E-state index < -0.39 is 0 Å². The molecule has 1 rings (SSSR count). The van der Waals surface area contributed by atoms with Crippen LogP contribution in [0.5, 0.6) is 0 Å². The Hall–Kier alpha value is -1.06. The number of carbonyl (C=O) groups excluding carboxylic acids is 2. The Bertz CT molecular complexity index is 523. The molecule has 0 spiro atoms. The summed E-state index contributed by atoms with van der Waals surface area (Å²) in [7, 11) is 0. The molecular weight excluding hydrogens is 376 g/mol. The molecule has 0 heterocycles. The van der Waals surface area contributed by atoms with E-state index in [0.29, 0.717) is 26.1 Å². The summed E-state index contributed by atoms with van der Waals surface area (Å²) >= 11 is 0. The van der Waals surface area contributed by atoms with Gasteiger partial charge < -0.3 is 9.47 Å². The summed E-state index contributed by atoms with van der Waals surface area (Å²) in [5.41, 5.74) is 0.172. The van der Waals surface area contributed by atoms with Gasteiger partial charge in [-0.1, -0.05) is 82.1 Å². The molecule has 0 aromatic heterocycles. The van der Waals surface area contributed by atoms with Crippen molar-refractivity contribution in [2.24, 2.45) is 33.5 Å². The minimum absolute atomic E-state index is 0.0877. The molecule has 0 radical (unpaired) electrons. The highest BCUT2D eigenvalue weighted by Crippen LogP contribution is 2.37. The molecule has 4 heteroatoms. The SMILES string of the molecule is CC(C)(C)CC(C)(C)COC(=O)C1CCCCC1C(=O)OCC(C)(C)CC(C)(C)C. The monoisotopic (exact) mass is 424 g/mol. The molecule has 2 atom stereocenters. The Balaban J connectivity index is 2.69. The molecule has 0 aromatic carbocycles. The molecule has 0 saturated heterocycles. The third-order valence-corrected chi connectivity index (χ3v) is 5.60. The topological polar surface area (TPSA) is 52.6 Å². The predicted octanol–water partition coefficient (Wildman–Crippen LogP) is 6.80. The quantitative estimate of drug-likeness (QED) is 0.402. The van der Waals surface area contributed by atoms with Crippen LogP contribution >= 0.6 is 0 Å². The average Bonchev–Trinajstić information content (AvgIpc) is 2.53. The van der Waals surface area contributed by atoms with Crippen molar-refractivity contribution in [3.05, 3.63) is 0 Å². The van der Waals surface area contributed by atoms with E-state index in [1.165, 1.54) is 0 Å². The summed E-state index contributed by atoms with van der Waals surface area (Å²) in [5.74, 6) is -1.20. The van der Waals surface area contributed by atoms with Crippen molar-refractivity contribution < 1.29 is 19.1 Å².